The Morgan fingerprint density at radius 3 is 2.74 bits per heavy atom. The number of allylic oxidation sites excluding steroid dienone is 2. The van der Waals surface area contributed by atoms with Crippen LogP contribution in [0.5, 0.6) is 11.5 Å². The first-order valence-corrected chi connectivity index (χ1v) is 14.0. The maximum absolute atomic E-state index is 12.9. The minimum atomic E-state index is -0.630. The number of aromatic hydroxyl groups is 1. The molecule has 0 spiro atoms. The molecule has 206 valence electrons. The zero-order valence-corrected chi connectivity index (χ0v) is 23.0. The SMILES string of the molecule is CC(C)=CCc1cc(C(=O)Nc2cc3ccc(OCCCNC4CC5CCC4C5)c(C)c3oc2=O)ccc1O. The second kappa shape index (κ2) is 11.7. The first-order valence-electron chi connectivity index (χ1n) is 14.0. The number of phenolic OH excluding ortho intramolecular Hbond substituents is 1. The molecule has 1 heterocycles. The summed E-state index contributed by atoms with van der Waals surface area (Å²) in [5.41, 5.74) is 2.74. The lowest BCUT2D eigenvalue weighted by atomic mass is 9.95. The maximum atomic E-state index is 12.9. The van der Waals surface area contributed by atoms with Crippen molar-refractivity contribution in [2.24, 2.45) is 11.8 Å². The number of rotatable bonds is 10. The second-order valence-electron chi connectivity index (χ2n) is 11.3. The van der Waals surface area contributed by atoms with E-state index in [-0.39, 0.29) is 11.4 Å². The summed E-state index contributed by atoms with van der Waals surface area (Å²) in [6, 6.07) is 10.7. The summed E-state index contributed by atoms with van der Waals surface area (Å²) in [6.07, 6.45) is 8.90. The van der Waals surface area contributed by atoms with Crippen LogP contribution < -0.4 is 21.0 Å². The van der Waals surface area contributed by atoms with Gasteiger partial charge < -0.3 is 24.9 Å². The van der Waals surface area contributed by atoms with Gasteiger partial charge >= 0.3 is 5.63 Å². The van der Waals surface area contributed by atoms with E-state index in [0.29, 0.717) is 46.9 Å². The molecule has 2 aromatic carbocycles. The van der Waals surface area contributed by atoms with Crippen molar-refractivity contribution in [3.63, 3.8) is 0 Å². The van der Waals surface area contributed by atoms with Crippen LogP contribution in [0.4, 0.5) is 5.69 Å². The van der Waals surface area contributed by atoms with Gasteiger partial charge in [-0.1, -0.05) is 18.1 Å². The fraction of sp³-hybridized carbons (Fsp3) is 0.438. The van der Waals surface area contributed by atoms with E-state index in [2.05, 4.69) is 10.6 Å². The van der Waals surface area contributed by atoms with Gasteiger partial charge in [-0.05, 0) is 113 Å². The van der Waals surface area contributed by atoms with Crippen molar-refractivity contribution in [2.75, 3.05) is 18.5 Å². The molecule has 0 aliphatic heterocycles. The Labute approximate surface area is 229 Å². The van der Waals surface area contributed by atoms with E-state index in [1.54, 1.807) is 12.1 Å². The fourth-order valence-electron chi connectivity index (χ4n) is 5.98. The molecule has 2 bridgehead atoms. The van der Waals surface area contributed by atoms with E-state index < -0.39 is 11.5 Å². The smallest absolute Gasteiger partial charge is 0.360 e. The topological polar surface area (TPSA) is 101 Å². The van der Waals surface area contributed by atoms with Crippen molar-refractivity contribution >= 4 is 22.6 Å². The number of anilines is 1. The fourth-order valence-corrected chi connectivity index (χ4v) is 5.98. The number of nitrogens with one attached hydrogen (secondary N) is 2. The third kappa shape index (κ3) is 6.19. The van der Waals surface area contributed by atoms with Crippen molar-refractivity contribution < 1.29 is 19.1 Å². The first kappa shape index (κ1) is 27.0. The lowest BCUT2D eigenvalue weighted by Crippen LogP contribution is -2.35. The summed E-state index contributed by atoms with van der Waals surface area (Å²) >= 11 is 0. The Kier molecular flexibility index (Phi) is 8.07. The van der Waals surface area contributed by atoms with E-state index in [4.69, 9.17) is 9.15 Å². The van der Waals surface area contributed by atoms with Gasteiger partial charge in [-0.25, -0.2) is 4.79 Å². The van der Waals surface area contributed by atoms with Gasteiger partial charge in [0.15, 0.2) is 0 Å². The van der Waals surface area contributed by atoms with Crippen molar-refractivity contribution in [1.82, 2.24) is 5.32 Å². The van der Waals surface area contributed by atoms with E-state index in [9.17, 15) is 14.7 Å². The summed E-state index contributed by atoms with van der Waals surface area (Å²) in [6.45, 7) is 7.34. The van der Waals surface area contributed by atoms with Crippen LogP contribution in [0.3, 0.4) is 0 Å². The normalized spacial score (nSPS) is 19.8. The van der Waals surface area contributed by atoms with Crippen LogP contribution >= 0.6 is 0 Å². The van der Waals surface area contributed by atoms with E-state index in [0.717, 1.165) is 35.9 Å². The highest BCUT2D eigenvalue weighted by Crippen LogP contribution is 2.44. The van der Waals surface area contributed by atoms with E-state index in [1.807, 2.05) is 39.0 Å². The summed E-state index contributed by atoms with van der Waals surface area (Å²) in [5.74, 6) is 2.17. The molecule has 2 fully saturated rings. The molecule has 3 atom stereocenters. The Balaban J connectivity index is 1.21. The summed E-state index contributed by atoms with van der Waals surface area (Å²) in [4.78, 5) is 25.7. The number of benzene rings is 2. The Hall–Kier alpha value is -3.58. The average Bonchev–Trinajstić information content (AvgIpc) is 3.54. The highest BCUT2D eigenvalue weighted by atomic mass is 16.5. The van der Waals surface area contributed by atoms with Crippen LogP contribution in [0.15, 0.2) is 57.3 Å². The van der Waals surface area contributed by atoms with Gasteiger partial charge in [0.1, 0.15) is 22.8 Å². The van der Waals surface area contributed by atoms with Crippen molar-refractivity contribution in [1.29, 1.82) is 0 Å². The molecule has 2 aliphatic rings. The molecule has 7 heteroatoms. The van der Waals surface area contributed by atoms with Gasteiger partial charge in [0.25, 0.3) is 5.91 Å². The molecule has 0 radical (unpaired) electrons. The minimum Gasteiger partial charge on any atom is -0.508 e. The van der Waals surface area contributed by atoms with Crippen molar-refractivity contribution in [3.8, 4) is 11.5 Å². The number of phenols is 1. The minimum absolute atomic E-state index is 0.0613. The zero-order valence-electron chi connectivity index (χ0n) is 23.0. The molecule has 5 rings (SSSR count). The quantitative estimate of drug-likeness (QED) is 0.166. The highest BCUT2D eigenvalue weighted by molar-refractivity contribution is 6.05. The molecule has 2 aliphatic carbocycles. The Bertz CT molecular complexity index is 1450. The summed E-state index contributed by atoms with van der Waals surface area (Å²) in [7, 11) is 0. The molecule has 39 heavy (non-hydrogen) atoms. The van der Waals surface area contributed by atoms with Gasteiger partial charge in [-0.3, -0.25) is 4.79 Å². The second-order valence-corrected chi connectivity index (χ2v) is 11.3. The van der Waals surface area contributed by atoms with Gasteiger partial charge in [0.05, 0.1) is 6.61 Å². The molecule has 1 amide bonds. The van der Waals surface area contributed by atoms with Gasteiger partial charge in [-0.2, -0.15) is 0 Å². The van der Waals surface area contributed by atoms with Crippen molar-refractivity contribution in [3.05, 3.63) is 75.2 Å². The zero-order chi connectivity index (χ0) is 27.5. The Morgan fingerprint density at radius 2 is 2.00 bits per heavy atom. The summed E-state index contributed by atoms with van der Waals surface area (Å²) < 4.78 is 11.6. The van der Waals surface area contributed by atoms with Crippen LogP contribution in [0.25, 0.3) is 11.0 Å². The molecule has 0 saturated heterocycles. The lowest BCUT2D eigenvalue weighted by molar-refractivity contribution is 0.102. The standard InChI is InChI=1S/C32H38N2O5/c1-19(2)5-7-23-17-25(9-11-28(23)35)31(36)34-27-18-24-10-12-29(20(3)30(24)39-32(27)37)38-14-4-13-33-26-16-21-6-8-22(26)15-21/h5,9-12,17-18,21-22,26,33,35H,4,6-8,13-16H2,1-3H3,(H,34,36). The van der Waals surface area contributed by atoms with E-state index >= 15 is 0 Å². The third-order valence-electron chi connectivity index (χ3n) is 8.14. The van der Waals surface area contributed by atoms with Gasteiger partial charge in [0, 0.05) is 22.6 Å². The molecular formula is C32H38N2O5. The van der Waals surface area contributed by atoms with Gasteiger partial charge in [-0.15, -0.1) is 0 Å². The number of ether oxygens (including phenoxy) is 1. The van der Waals surface area contributed by atoms with Crippen LogP contribution in [-0.2, 0) is 6.42 Å². The van der Waals surface area contributed by atoms with Crippen LogP contribution in [-0.4, -0.2) is 30.2 Å². The van der Waals surface area contributed by atoms with Crippen LogP contribution in [0.1, 0.15) is 67.4 Å². The number of hydrogen-bond donors (Lipinski definition) is 3. The van der Waals surface area contributed by atoms with Crippen LogP contribution in [0.2, 0.25) is 0 Å². The number of hydrogen-bond acceptors (Lipinski definition) is 6. The van der Waals surface area contributed by atoms with Crippen molar-refractivity contribution in [2.45, 2.75) is 65.3 Å². The molecule has 2 saturated carbocycles. The molecular weight excluding hydrogens is 492 g/mol. The molecule has 3 N–H and O–H groups in total. The monoisotopic (exact) mass is 530 g/mol. The molecule has 3 aromatic rings. The van der Waals surface area contributed by atoms with E-state index in [1.165, 1.54) is 37.8 Å². The van der Waals surface area contributed by atoms with Crippen LogP contribution in [0, 0.1) is 18.8 Å². The predicted octanol–water partition coefficient (Wildman–Crippen LogP) is 6.12. The lowest BCUT2D eigenvalue weighted by Gasteiger charge is -2.23. The number of aryl methyl sites for hydroxylation is 1. The first-order chi connectivity index (χ1) is 18.8. The molecule has 1 aromatic heterocycles. The number of amides is 1. The molecule has 3 unspecified atom stereocenters. The summed E-state index contributed by atoms with van der Waals surface area (Å²) in [5, 5.41) is 17.2. The predicted molar refractivity (Wildman–Crippen MR) is 154 cm³/mol. The largest absolute Gasteiger partial charge is 0.508 e. The number of carbonyl (C=O) groups excluding carboxylic acids is 1. The maximum Gasteiger partial charge on any atom is 0.360 e. The third-order valence-corrected chi connectivity index (χ3v) is 8.14. The number of fused-ring (bicyclic) bond motifs is 3. The molecule has 7 nitrogen and oxygen atoms in total. The Morgan fingerprint density at radius 1 is 1.15 bits per heavy atom. The highest BCUT2D eigenvalue weighted by Gasteiger charge is 2.38. The number of carbonyl (C=O) groups is 1. The average molecular weight is 531 g/mol. The van der Waals surface area contributed by atoms with Gasteiger partial charge in [0.2, 0.25) is 0 Å².